The summed E-state index contributed by atoms with van der Waals surface area (Å²) in [5.41, 5.74) is 0.696. The zero-order valence-corrected chi connectivity index (χ0v) is 12.8. The van der Waals surface area contributed by atoms with Gasteiger partial charge in [0.2, 0.25) is 0 Å². The number of hydrogen-bond acceptors (Lipinski definition) is 2. The Bertz CT molecular complexity index is 393. The molecule has 0 bridgehead atoms. The van der Waals surface area contributed by atoms with Crippen LogP contribution in [0.4, 0.5) is 0 Å². The molecule has 3 nitrogen and oxygen atoms in total. The number of carbonyl (C=O) groups is 1. The van der Waals surface area contributed by atoms with Gasteiger partial charge in [0.05, 0.1) is 0 Å². The first kappa shape index (κ1) is 15.2. The van der Waals surface area contributed by atoms with Crippen molar-refractivity contribution in [3.05, 3.63) is 34.3 Å². The van der Waals surface area contributed by atoms with Crippen molar-refractivity contribution in [2.24, 2.45) is 0 Å². The summed E-state index contributed by atoms with van der Waals surface area (Å²) in [6, 6.07) is 7.97. The lowest BCUT2D eigenvalue weighted by atomic mass is 10.2. The molecule has 0 saturated heterocycles. The number of carbonyl (C=O) groups excluding carboxylic acids is 1. The molecule has 0 aliphatic carbocycles. The van der Waals surface area contributed by atoms with Crippen LogP contribution in [-0.2, 0) is 0 Å². The summed E-state index contributed by atoms with van der Waals surface area (Å²) in [6.45, 7) is 6.04. The van der Waals surface area contributed by atoms with E-state index in [-0.39, 0.29) is 5.91 Å². The van der Waals surface area contributed by atoms with Crippen molar-refractivity contribution in [2.45, 2.75) is 26.3 Å². The van der Waals surface area contributed by atoms with Gasteiger partial charge in [-0.15, -0.1) is 0 Å². The zero-order valence-electron chi connectivity index (χ0n) is 11.2. The summed E-state index contributed by atoms with van der Waals surface area (Å²) in [5, 5.41) is 2.93. The van der Waals surface area contributed by atoms with Gasteiger partial charge in [0.15, 0.2) is 0 Å². The van der Waals surface area contributed by atoms with Crippen LogP contribution in [0, 0.1) is 0 Å². The van der Waals surface area contributed by atoms with Crippen molar-refractivity contribution in [3.63, 3.8) is 0 Å². The molecule has 0 spiro atoms. The van der Waals surface area contributed by atoms with Crippen molar-refractivity contribution in [3.8, 4) is 0 Å². The molecule has 4 heteroatoms. The molecule has 0 aromatic heterocycles. The number of hydrogen-bond donors (Lipinski definition) is 1. The van der Waals surface area contributed by atoms with E-state index in [4.69, 9.17) is 0 Å². The van der Waals surface area contributed by atoms with Crippen molar-refractivity contribution >= 4 is 21.8 Å². The van der Waals surface area contributed by atoms with Crippen LogP contribution in [-0.4, -0.2) is 37.0 Å². The standard InChI is InChI=1S/C14H21BrN2O/c1-11(2)17(3)9-5-8-16-14(18)12-6-4-7-13(15)10-12/h4,6-7,10-11H,5,8-9H2,1-3H3,(H,16,18). The largest absolute Gasteiger partial charge is 0.352 e. The van der Waals surface area contributed by atoms with Crippen molar-refractivity contribution in [1.29, 1.82) is 0 Å². The summed E-state index contributed by atoms with van der Waals surface area (Å²) in [6.07, 6.45) is 0.967. The van der Waals surface area contributed by atoms with E-state index in [0.717, 1.165) is 17.4 Å². The SMILES string of the molecule is CC(C)N(C)CCCNC(=O)c1cccc(Br)c1. The van der Waals surface area contributed by atoms with Crippen LogP contribution >= 0.6 is 15.9 Å². The van der Waals surface area contributed by atoms with Crippen LogP contribution in [0.25, 0.3) is 0 Å². The Morgan fingerprint density at radius 1 is 1.44 bits per heavy atom. The zero-order chi connectivity index (χ0) is 13.5. The molecule has 0 unspecified atom stereocenters. The Hall–Kier alpha value is -0.870. The summed E-state index contributed by atoms with van der Waals surface area (Å²) in [4.78, 5) is 14.1. The van der Waals surface area contributed by atoms with E-state index in [0.29, 0.717) is 18.2 Å². The Morgan fingerprint density at radius 3 is 2.78 bits per heavy atom. The molecule has 0 radical (unpaired) electrons. The van der Waals surface area contributed by atoms with E-state index in [1.807, 2.05) is 24.3 Å². The monoisotopic (exact) mass is 312 g/mol. The lowest BCUT2D eigenvalue weighted by Gasteiger charge is -2.20. The van der Waals surface area contributed by atoms with Gasteiger partial charge >= 0.3 is 0 Å². The number of nitrogens with one attached hydrogen (secondary N) is 1. The normalized spacial score (nSPS) is 11.0. The van der Waals surface area contributed by atoms with Crippen molar-refractivity contribution < 1.29 is 4.79 Å². The van der Waals surface area contributed by atoms with Crippen molar-refractivity contribution in [2.75, 3.05) is 20.1 Å². The number of benzene rings is 1. The molecule has 100 valence electrons. The van der Waals surface area contributed by atoms with Gasteiger partial charge < -0.3 is 10.2 Å². The Labute approximate surface area is 118 Å². The average Bonchev–Trinajstić information content (AvgIpc) is 2.33. The quantitative estimate of drug-likeness (QED) is 0.819. The number of rotatable bonds is 6. The van der Waals surface area contributed by atoms with E-state index < -0.39 is 0 Å². The highest BCUT2D eigenvalue weighted by Gasteiger charge is 2.06. The molecule has 1 rings (SSSR count). The van der Waals surface area contributed by atoms with Gasteiger partial charge in [-0.2, -0.15) is 0 Å². The fourth-order valence-electron chi connectivity index (χ4n) is 1.52. The highest BCUT2D eigenvalue weighted by molar-refractivity contribution is 9.10. The van der Waals surface area contributed by atoms with E-state index in [9.17, 15) is 4.79 Å². The van der Waals surface area contributed by atoms with Crippen LogP contribution in [0.3, 0.4) is 0 Å². The van der Waals surface area contributed by atoms with E-state index in [1.165, 1.54) is 0 Å². The highest BCUT2D eigenvalue weighted by atomic mass is 79.9. The Kier molecular flexibility index (Phi) is 6.36. The van der Waals surface area contributed by atoms with Crippen molar-refractivity contribution in [1.82, 2.24) is 10.2 Å². The lowest BCUT2D eigenvalue weighted by molar-refractivity contribution is 0.0951. The van der Waals surface area contributed by atoms with Crippen LogP contribution in [0.15, 0.2) is 28.7 Å². The smallest absolute Gasteiger partial charge is 0.251 e. The molecule has 0 atom stereocenters. The summed E-state index contributed by atoms with van der Waals surface area (Å²) in [5.74, 6) is -0.0106. The molecule has 1 aromatic rings. The van der Waals surface area contributed by atoms with Gasteiger partial charge in [0.25, 0.3) is 5.91 Å². The Balaban J connectivity index is 2.30. The van der Waals surface area contributed by atoms with Gasteiger partial charge in [-0.05, 0) is 52.1 Å². The first-order chi connectivity index (χ1) is 8.50. The molecule has 0 heterocycles. The molecule has 1 N–H and O–H groups in total. The maximum atomic E-state index is 11.8. The molecule has 1 amide bonds. The third kappa shape index (κ3) is 5.19. The maximum Gasteiger partial charge on any atom is 0.251 e. The topological polar surface area (TPSA) is 32.3 Å². The van der Waals surface area contributed by atoms with Crippen LogP contribution in [0.5, 0.6) is 0 Å². The second-order valence-electron chi connectivity index (χ2n) is 4.69. The van der Waals surface area contributed by atoms with Gasteiger partial charge in [0.1, 0.15) is 0 Å². The van der Waals surface area contributed by atoms with Crippen LogP contribution in [0.2, 0.25) is 0 Å². The minimum Gasteiger partial charge on any atom is -0.352 e. The number of nitrogens with zero attached hydrogens (tertiary/aromatic N) is 1. The summed E-state index contributed by atoms with van der Waals surface area (Å²) >= 11 is 3.36. The maximum absolute atomic E-state index is 11.8. The molecule has 1 aromatic carbocycles. The predicted molar refractivity (Wildman–Crippen MR) is 78.9 cm³/mol. The summed E-state index contributed by atoms with van der Waals surface area (Å²) in [7, 11) is 2.10. The summed E-state index contributed by atoms with van der Waals surface area (Å²) < 4.78 is 0.926. The van der Waals surface area contributed by atoms with Gasteiger partial charge in [-0.25, -0.2) is 0 Å². The number of amides is 1. The minimum absolute atomic E-state index is 0.0106. The fraction of sp³-hybridized carbons (Fsp3) is 0.500. The van der Waals surface area contributed by atoms with E-state index in [1.54, 1.807) is 0 Å². The highest BCUT2D eigenvalue weighted by Crippen LogP contribution is 2.11. The molecule has 0 fully saturated rings. The van der Waals surface area contributed by atoms with Gasteiger partial charge in [-0.1, -0.05) is 22.0 Å². The van der Waals surface area contributed by atoms with E-state index in [2.05, 4.69) is 47.0 Å². The van der Waals surface area contributed by atoms with E-state index >= 15 is 0 Å². The molecule has 0 aliphatic heterocycles. The molecule has 18 heavy (non-hydrogen) atoms. The first-order valence-corrected chi connectivity index (χ1v) is 7.04. The Morgan fingerprint density at radius 2 is 2.17 bits per heavy atom. The van der Waals surface area contributed by atoms with Crippen LogP contribution in [0.1, 0.15) is 30.6 Å². The minimum atomic E-state index is -0.0106. The lowest BCUT2D eigenvalue weighted by Crippen LogP contribution is -2.31. The second kappa shape index (κ2) is 7.54. The average molecular weight is 313 g/mol. The van der Waals surface area contributed by atoms with Crippen LogP contribution < -0.4 is 5.32 Å². The third-order valence-corrected chi connectivity index (χ3v) is 3.43. The van der Waals surface area contributed by atoms with Gasteiger partial charge in [0, 0.05) is 22.6 Å². The first-order valence-electron chi connectivity index (χ1n) is 6.24. The molecular formula is C14H21BrN2O. The van der Waals surface area contributed by atoms with Gasteiger partial charge in [-0.3, -0.25) is 4.79 Å². The predicted octanol–water partition coefficient (Wildman–Crippen LogP) is 2.91. The second-order valence-corrected chi connectivity index (χ2v) is 5.61. The molecule has 0 aliphatic rings. The number of halogens is 1. The molecule has 0 saturated carbocycles. The fourth-order valence-corrected chi connectivity index (χ4v) is 1.92. The third-order valence-electron chi connectivity index (χ3n) is 2.94. The molecular weight excluding hydrogens is 292 g/mol.